The summed E-state index contributed by atoms with van der Waals surface area (Å²) >= 11 is 0. The number of amides is 1. The van der Waals surface area contributed by atoms with Crippen molar-refractivity contribution in [3.8, 4) is 11.4 Å². The fourth-order valence-corrected chi connectivity index (χ4v) is 4.89. The maximum absolute atomic E-state index is 12.7. The van der Waals surface area contributed by atoms with Gasteiger partial charge in [0.15, 0.2) is 0 Å². The molecule has 0 aliphatic carbocycles. The number of pyridine rings is 1. The molecule has 3 saturated heterocycles. The summed E-state index contributed by atoms with van der Waals surface area (Å²) < 4.78 is 11.0. The fraction of sp³-hybridized carbons (Fsp3) is 0.600. The van der Waals surface area contributed by atoms with Gasteiger partial charge in [-0.15, -0.1) is 0 Å². The molecule has 3 aliphatic heterocycles. The predicted octanol–water partition coefficient (Wildman–Crippen LogP) is 1.76. The van der Waals surface area contributed by atoms with Crippen LogP contribution in [-0.4, -0.2) is 70.7 Å². The van der Waals surface area contributed by atoms with Crippen LogP contribution in [-0.2, 0) is 9.53 Å². The third-order valence-corrected chi connectivity index (χ3v) is 6.34. The fourth-order valence-electron chi connectivity index (χ4n) is 4.89. The Morgan fingerprint density at radius 3 is 2.68 bits per heavy atom. The minimum Gasteiger partial charge on any atom is -0.381 e. The zero-order valence-corrected chi connectivity index (χ0v) is 16.1. The molecule has 3 fully saturated rings. The van der Waals surface area contributed by atoms with Crippen LogP contribution in [0.2, 0.25) is 0 Å². The van der Waals surface area contributed by atoms with E-state index in [2.05, 4.69) is 27.1 Å². The van der Waals surface area contributed by atoms with E-state index in [9.17, 15) is 4.79 Å². The molecule has 0 aromatic carbocycles. The normalized spacial score (nSPS) is 25.2. The van der Waals surface area contributed by atoms with E-state index in [-0.39, 0.29) is 17.4 Å². The van der Waals surface area contributed by atoms with Gasteiger partial charge in [-0.1, -0.05) is 5.16 Å². The summed E-state index contributed by atoms with van der Waals surface area (Å²) in [5.74, 6) is 1.69. The van der Waals surface area contributed by atoms with Crippen molar-refractivity contribution in [3.05, 3.63) is 30.4 Å². The molecular weight excluding hydrogens is 358 g/mol. The van der Waals surface area contributed by atoms with Gasteiger partial charge in [0.05, 0.1) is 6.04 Å². The molecule has 0 saturated carbocycles. The average molecular weight is 383 g/mol. The van der Waals surface area contributed by atoms with Crippen LogP contribution < -0.4 is 0 Å². The van der Waals surface area contributed by atoms with Crippen molar-refractivity contribution in [2.45, 2.75) is 25.3 Å². The molecule has 1 unspecified atom stereocenters. The molecule has 8 heteroatoms. The first-order valence-corrected chi connectivity index (χ1v) is 9.94. The molecule has 5 rings (SSSR count). The van der Waals surface area contributed by atoms with Crippen LogP contribution in [0.4, 0.5) is 0 Å². The molecule has 1 spiro atoms. The van der Waals surface area contributed by atoms with Crippen LogP contribution in [0, 0.1) is 11.3 Å². The highest BCUT2D eigenvalue weighted by atomic mass is 16.5. The summed E-state index contributed by atoms with van der Waals surface area (Å²) in [4.78, 5) is 25.7. The van der Waals surface area contributed by atoms with Gasteiger partial charge in [-0.3, -0.25) is 14.7 Å². The number of hydrogen-bond donors (Lipinski definition) is 0. The summed E-state index contributed by atoms with van der Waals surface area (Å²) in [6, 6.07) is 3.85. The summed E-state index contributed by atoms with van der Waals surface area (Å²) in [6.07, 6.45) is 6.09. The van der Waals surface area contributed by atoms with Crippen LogP contribution >= 0.6 is 0 Å². The van der Waals surface area contributed by atoms with Crippen LogP contribution in [0.3, 0.4) is 0 Å². The SMILES string of the molecule is CN1CC2(CC1c1nc(-c3ccncc3)no1)CN(C(=O)C1CCOCC1)C2. The number of ether oxygens (including phenoxy) is 1. The molecule has 28 heavy (non-hydrogen) atoms. The largest absolute Gasteiger partial charge is 0.381 e. The zero-order valence-electron chi connectivity index (χ0n) is 16.1. The molecule has 0 radical (unpaired) electrons. The maximum atomic E-state index is 12.7. The van der Waals surface area contributed by atoms with E-state index in [1.165, 1.54) is 0 Å². The zero-order chi connectivity index (χ0) is 19.1. The average Bonchev–Trinajstić information content (AvgIpc) is 3.32. The van der Waals surface area contributed by atoms with Crippen molar-refractivity contribution >= 4 is 5.91 Å². The Balaban J connectivity index is 1.24. The Labute approximate surface area is 163 Å². The highest BCUT2D eigenvalue weighted by Gasteiger charge is 2.53. The molecule has 0 bridgehead atoms. The molecule has 2 aromatic rings. The molecule has 5 heterocycles. The van der Waals surface area contributed by atoms with Gasteiger partial charge in [-0.05, 0) is 38.4 Å². The molecule has 1 amide bonds. The van der Waals surface area contributed by atoms with Crippen molar-refractivity contribution in [1.82, 2.24) is 24.9 Å². The van der Waals surface area contributed by atoms with Gasteiger partial charge in [0.2, 0.25) is 17.6 Å². The molecular formula is C20H25N5O3. The second-order valence-electron chi connectivity index (χ2n) is 8.41. The predicted molar refractivity (Wildman–Crippen MR) is 100 cm³/mol. The van der Waals surface area contributed by atoms with Gasteiger partial charge in [0.25, 0.3) is 0 Å². The lowest BCUT2D eigenvalue weighted by atomic mass is 9.77. The minimum atomic E-state index is 0.100. The third kappa shape index (κ3) is 3.10. The highest BCUT2D eigenvalue weighted by molar-refractivity contribution is 5.80. The number of rotatable bonds is 3. The standard InChI is InChI=1S/C20H25N5O3/c1-24-11-20(12-25(13-20)19(26)15-4-8-27-9-5-15)10-16(24)18-22-17(23-28-18)14-2-6-21-7-3-14/h2-3,6-7,15-16H,4-5,8-13H2,1H3. The lowest BCUT2D eigenvalue weighted by Gasteiger charge is -2.49. The van der Waals surface area contributed by atoms with Crippen molar-refractivity contribution in [3.63, 3.8) is 0 Å². The molecule has 2 aromatic heterocycles. The highest BCUT2D eigenvalue weighted by Crippen LogP contribution is 2.48. The van der Waals surface area contributed by atoms with E-state index in [1.54, 1.807) is 12.4 Å². The quantitative estimate of drug-likeness (QED) is 0.798. The monoisotopic (exact) mass is 383 g/mol. The first-order valence-electron chi connectivity index (χ1n) is 9.94. The molecule has 3 aliphatic rings. The Kier molecular flexibility index (Phi) is 4.40. The van der Waals surface area contributed by atoms with Crippen LogP contribution in [0.25, 0.3) is 11.4 Å². The van der Waals surface area contributed by atoms with Gasteiger partial charge in [0.1, 0.15) is 0 Å². The van der Waals surface area contributed by atoms with E-state index >= 15 is 0 Å². The van der Waals surface area contributed by atoms with Gasteiger partial charge in [-0.25, -0.2) is 0 Å². The summed E-state index contributed by atoms with van der Waals surface area (Å²) in [6.45, 7) is 4.02. The van der Waals surface area contributed by atoms with Crippen LogP contribution in [0.5, 0.6) is 0 Å². The molecule has 8 nitrogen and oxygen atoms in total. The van der Waals surface area contributed by atoms with E-state index in [0.29, 0.717) is 30.8 Å². The number of carbonyl (C=O) groups excluding carboxylic acids is 1. The maximum Gasteiger partial charge on any atom is 0.244 e. The van der Waals surface area contributed by atoms with Crippen molar-refractivity contribution in [2.24, 2.45) is 11.3 Å². The summed E-state index contributed by atoms with van der Waals surface area (Å²) in [5.41, 5.74) is 1.04. The molecule has 148 valence electrons. The smallest absolute Gasteiger partial charge is 0.244 e. The number of nitrogens with zero attached hydrogens (tertiary/aromatic N) is 5. The summed E-state index contributed by atoms with van der Waals surface area (Å²) in [5, 5.41) is 4.14. The van der Waals surface area contributed by atoms with Gasteiger partial charge >= 0.3 is 0 Å². The van der Waals surface area contributed by atoms with Crippen molar-refractivity contribution < 1.29 is 14.1 Å². The lowest BCUT2D eigenvalue weighted by molar-refractivity contribution is -0.150. The minimum absolute atomic E-state index is 0.100. The lowest BCUT2D eigenvalue weighted by Crippen LogP contribution is -2.60. The second kappa shape index (κ2) is 6.93. The number of hydrogen-bond acceptors (Lipinski definition) is 7. The third-order valence-electron chi connectivity index (χ3n) is 6.34. The number of aromatic nitrogens is 3. The van der Waals surface area contributed by atoms with Crippen LogP contribution in [0.15, 0.2) is 29.0 Å². The Hall–Kier alpha value is -2.32. The van der Waals surface area contributed by atoms with E-state index < -0.39 is 0 Å². The van der Waals surface area contributed by atoms with Gasteiger partial charge < -0.3 is 14.2 Å². The van der Waals surface area contributed by atoms with Crippen molar-refractivity contribution in [1.29, 1.82) is 0 Å². The first-order chi connectivity index (χ1) is 13.6. The van der Waals surface area contributed by atoms with Crippen LogP contribution in [0.1, 0.15) is 31.2 Å². The van der Waals surface area contributed by atoms with E-state index in [1.807, 2.05) is 17.0 Å². The van der Waals surface area contributed by atoms with Gasteiger partial charge in [0, 0.05) is 62.1 Å². The molecule has 0 N–H and O–H groups in total. The van der Waals surface area contributed by atoms with Gasteiger partial charge in [-0.2, -0.15) is 4.98 Å². The topological polar surface area (TPSA) is 84.6 Å². The Bertz CT molecular complexity index is 843. The van der Waals surface area contributed by atoms with Crippen molar-refractivity contribution in [2.75, 3.05) is 39.9 Å². The Morgan fingerprint density at radius 1 is 1.18 bits per heavy atom. The number of carbonyl (C=O) groups is 1. The first kappa shape index (κ1) is 17.8. The molecule has 1 atom stereocenters. The second-order valence-corrected chi connectivity index (χ2v) is 8.41. The summed E-state index contributed by atoms with van der Waals surface area (Å²) in [7, 11) is 2.10. The van der Waals surface area contributed by atoms with E-state index in [4.69, 9.17) is 9.26 Å². The number of likely N-dealkylation sites (tertiary alicyclic amines) is 2. The van der Waals surface area contributed by atoms with E-state index in [0.717, 1.165) is 44.5 Å². The Morgan fingerprint density at radius 2 is 1.93 bits per heavy atom.